The van der Waals surface area contributed by atoms with Gasteiger partial charge in [0.25, 0.3) is 5.56 Å². The number of amides is 1. The van der Waals surface area contributed by atoms with E-state index in [1.54, 1.807) is 24.6 Å². The molecule has 7 nitrogen and oxygen atoms in total. The van der Waals surface area contributed by atoms with E-state index in [-0.39, 0.29) is 30.6 Å². The van der Waals surface area contributed by atoms with Crippen molar-refractivity contribution in [1.29, 1.82) is 0 Å². The molecule has 3 aromatic rings. The zero-order valence-corrected chi connectivity index (χ0v) is 18.7. The number of nitrogens with zero attached hydrogens (tertiary/aromatic N) is 3. The highest BCUT2D eigenvalue weighted by atomic mass is 32.1. The first-order chi connectivity index (χ1) is 15.0. The van der Waals surface area contributed by atoms with E-state index in [0.29, 0.717) is 16.0 Å². The Kier molecular flexibility index (Phi) is 6.27. The molecule has 4 rings (SSSR count). The fourth-order valence-electron chi connectivity index (χ4n) is 4.36. The molecule has 0 bridgehead atoms. The lowest BCUT2D eigenvalue weighted by molar-refractivity contribution is -0.135. The SMILES string of the molecule is CC[C@@H]1CCCCN1C(=O)Cn1c(=O)n(Cc2cccc(OC)c2)c(=O)c2sccc21. The molecule has 0 radical (unpaired) electrons. The number of rotatable bonds is 6. The van der Waals surface area contributed by atoms with Crippen molar-refractivity contribution in [2.45, 2.75) is 51.7 Å². The summed E-state index contributed by atoms with van der Waals surface area (Å²) in [6.07, 6.45) is 4.02. The molecule has 1 fully saturated rings. The fourth-order valence-corrected chi connectivity index (χ4v) is 5.20. The van der Waals surface area contributed by atoms with Crippen molar-refractivity contribution in [3.63, 3.8) is 0 Å². The van der Waals surface area contributed by atoms with Crippen LogP contribution in [0.2, 0.25) is 0 Å². The van der Waals surface area contributed by atoms with Crippen molar-refractivity contribution in [1.82, 2.24) is 14.0 Å². The van der Waals surface area contributed by atoms with Gasteiger partial charge in [0.05, 0.1) is 19.2 Å². The normalized spacial score (nSPS) is 16.6. The average Bonchev–Trinajstić information content (AvgIpc) is 3.29. The summed E-state index contributed by atoms with van der Waals surface area (Å²) in [4.78, 5) is 41.5. The molecule has 1 atom stereocenters. The number of piperidine rings is 1. The lowest BCUT2D eigenvalue weighted by Crippen LogP contribution is -2.47. The number of likely N-dealkylation sites (tertiary alicyclic amines) is 1. The molecule has 3 heterocycles. The Morgan fingerprint density at radius 3 is 2.81 bits per heavy atom. The highest BCUT2D eigenvalue weighted by Gasteiger charge is 2.26. The van der Waals surface area contributed by atoms with Crippen molar-refractivity contribution in [2.24, 2.45) is 0 Å². The zero-order chi connectivity index (χ0) is 22.0. The lowest BCUT2D eigenvalue weighted by Gasteiger charge is -2.35. The summed E-state index contributed by atoms with van der Waals surface area (Å²) in [6.45, 7) is 2.88. The third-order valence-corrected chi connectivity index (χ3v) is 6.92. The number of carbonyl (C=O) groups is 1. The van der Waals surface area contributed by atoms with Crippen LogP contribution in [-0.2, 0) is 17.9 Å². The summed E-state index contributed by atoms with van der Waals surface area (Å²) in [5.41, 5.74) is 0.526. The van der Waals surface area contributed by atoms with E-state index in [4.69, 9.17) is 4.74 Å². The molecule has 1 aliphatic rings. The topological polar surface area (TPSA) is 73.5 Å². The smallest absolute Gasteiger partial charge is 0.332 e. The number of benzene rings is 1. The molecule has 1 aliphatic heterocycles. The third kappa shape index (κ3) is 4.17. The van der Waals surface area contributed by atoms with E-state index in [0.717, 1.165) is 37.8 Å². The second-order valence-corrected chi connectivity index (χ2v) is 8.81. The maximum absolute atomic E-state index is 13.4. The van der Waals surface area contributed by atoms with Gasteiger partial charge in [-0.25, -0.2) is 4.79 Å². The molecule has 0 unspecified atom stereocenters. The van der Waals surface area contributed by atoms with E-state index < -0.39 is 5.69 Å². The van der Waals surface area contributed by atoms with Gasteiger partial charge in [-0.3, -0.25) is 18.7 Å². The van der Waals surface area contributed by atoms with Gasteiger partial charge in [0.15, 0.2) is 0 Å². The Morgan fingerprint density at radius 1 is 1.19 bits per heavy atom. The summed E-state index contributed by atoms with van der Waals surface area (Å²) in [6, 6.07) is 9.26. The predicted molar refractivity (Wildman–Crippen MR) is 122 cm³/mol. The van der Waals surface area contributed by atoms with Gasteiger partial charge in [0.2, 0.25) is 5.91 Å². The molecule has 8 heteroatoms. The Morgan fingerprint density at radius 2 is 2.03 bits per heavy atom. The van der Waals surface area contributed by atoms with Gasteiger partial charge in [-0.05, 0) is 54.8 Å². The van der Waals surface area contributed by atoms with Gasteiger partial charge in [-0.2, -0.15) is 0 Å². The van der Waals surface area contributed by atoms with Crippen LogP contribution < -0.4 is 16.0 Å². The van der Waals surface area contributed by atoms with Gasteiger partial charge in [-0.15, -0.1) is 11.3 Å². The van der Waals surface area contributed by atoms with Crippen LogP contribution in [0.3, 0.4) is 0 Å². The lowest BCUT2D eigenvalue weighted by atomic mass is 10.00. The van der Waals surface area contributed by atoms with Gasteiger partial charge in [0, 0.05) is 12.6 Å². The molecule has 1 saturated heterocycles. The molecule has 2 aromatic heterocycles. The van der Waals surface area contributed by atoms with E-state index in [2.05, 4.69) is 6.92 Å². The summed E-state index contributed by atoms with van der Waals surface area (Å²) in [5, 5.41) is 1.79. The Hall–Kier alpha value is -2.87. The zero-order valence-electron chi connectivity index (χ0n) is 17.9. The molecule has 0 spiro atoms. The van der Waals surface area contributed by atoms with Crippen molar-refractivity contribution in [3.05, 3.63) is 62.1 Å². The second-order valence-electron chi connectivity index (χ2n) is 7.89. The van der Waals surface area contributed by atoms with Crippen LogP contribution in [0.1, 0.15) is 38.2 Å². The Balaban J connectivity index is 1.73. The van der Waals surface area contributed by atoms with Crippen LogP contribution in [0.5, 0.6) is 5.75 Å². The highest BCUT2D eigenvalue weighted by Crippen LogP contribution is 2.21. The van der Waals surface area contributed by atoms with E-state index in [9.17, 15) is 14.4 Å². The number of aromatic nitrogens is 2. The first-order valence-corrected chi connectivity index (χ1v) is 11.5. The largest absolute Gasteiger partial charge is 0.497 e. The van der Waals surface area contributed by atoms with Crippen LogP contribution in [0.4, 0.5) is 0 Å². The first-order valence-electron chi connectivity index (χ1n) is 10.7. The summed E-state index contributed by atoms with van der Waals surface area (Å²) in [7, 11) is 1.58. The number of thiophene rings is 1. The van der Waals surface area contributed by atoms with Crippen molar-refractivity contribution < 1.29 is 9.53 Å². The van der Waals surface area contributed by atoms with Gasteiger partial charge in [0.1, 0.15) is 17.0 Å². The molecule has 0 N–H and O–H groups in total. The Bertz CT molecular complexity index is 1210. The number of fused-ring (bicyclic) bond motifs is 1. The molecular weight excluding hydrogens is 414 g/mol. The van der Waals surface area contributed by atoms with Crippen LogP contribution in [-0.4, -0.2) is 39.6 Å². The molecule has 0 aliphatic carbocycles. The number of carbonyl (C=O) groups excluding carboxylic acids is 1. The van der Waals surface area contributed by atoms with Crippen LogP contribution in [0.15, 0.2) is 45.3 Å². The monoisotopic (exact) mass is 441 g/mol. The van der Waals surface area contributed by atoms with Crippen LogP contribution >= 0.6 is 11.3 Å². The number of methoxy groups -OCH3 is 1. The summed E-state index contributed by atoms with van der Waals surface area (Å²) < 4.78 is 8.42. The molecule has 0 saturated carbocycles. The number of hydrogen-bond donors (Lipinski definition) is 0. The highest BCUT2D eigenvalue weighted by molar-refractivity contribution is 7.17. The van der Waals surface area contributed by atoms with Gasteiger partial charge in [-0.1, -0.05) is 19.1 Å². The van der Waals surface area contributed by atoms with Gasteiger partial charge < -0.3 is 9.64 Å². The van der Waals surface area contributed by atoms with E-state index in [1.807, 2.05) is 23.1 Å². The molecular formula is C23H27N3O4S. The number of hydrogen-bond acceptors (Lipinski definition) is 5. The van der Waals surface area contributed by atoms with E-state index in [1.165, 1.54) is 20.5 Å². The van der Waals surface area contributed by atoms with Crippen molar-refractivity contribution in [2.75, 3.05) is 13.7 Å². The van der Waals surface area contributed by atoms with Crippen molar-refractivity contribution >= 4 is 27.5 Å². The molecule has 1 aromatic carbocycles. The van der Waals surface area contributed by atoms with E-state index >= 15 is 0 Å². The van der Waals surface area contributed by atoms with Crippen LogP contribution in [0.25, 0.3) is 10.2 Å². The predicted octanol–water partition coefficient (Wildman–Crippen LogP) is 3.07. The minimum atomic E-state index is -0.461. The molecule has 164 valence electrons. The maximum Gasteiger partial charge on any atom is 0.332 e. The van der Waals surface area contributed by atoms with Gasteiger partial charge >= 0.3 is 5.69 Å². The average molecular weight is 442 g/mol. The minimum Gasteiger partial charge on any atom is -0.497 e. The molecule has 31 heavy (non-hydrogen) atoms. The maximum atomic E-state index is 13.4. The number of ether oxygens (including phenoxy) is 1. The standard InChI is InChI=1S/C23H27N3O4S/c1-3-17-8-4-5-11-24(17)20(27)15-25-19-10-12-31-21(19)22(28)26(23(25)29)14-16-7-6-9-18(13-16)30-2/h6-7,9-10,12-13,17H,3-5,8,11,14-15H2,1-2H3/t17-/m1/s1. The minimum absolute atomic E-state index is 0.0546. The summed E-state index contributed by atoms with van der Waals surface area (Å²) in [5.74, 6) is 0.599. The van der Waals surface area contributed by atoms with Crippen molar-refractivity contribution in [3.8, 4) is 5.75 Å². The molecule has 1 amide bonds. The first kappa shape index (κ1) is 21.4. The fraction of sp³-hybridized carbons (Fsp3) is 0.435. The third-order valence-electron chi connectivity index (χ3n) is 6.02. The quantitative estimate of drug-likeness (QED) is 0.589. The van der Waals surface area contributed by atoms with Crippen LogP contribution in [0, 0.1) is 0 Å². The second kappa shape index (κ2) is 9.09. The summed E-state index contributed by atoms with van der Waals surface area (Å²) >= 11 is 1.29. The Labute approximate surface area is 184 Å².